The predicted molar refractivity (Wildman–Crippen MR) is 166 cm³/mol. The second-order valence-electron chi connectivity index (χ2n) is 10.9. The summed E-state index contributed by atoms with van der Waals surface area (Å²) in [5, 5.41) is 19.3. The minimum atomic E-state index is 1.27. The van der Waals surface area contributed by atoms with Crippen molar-refractivity contribution in [3.05, 3.63) is 120 Å². The van der Waals surface area contributed by atoms with Crippen molar-refractivity contribution in [2.45, 2.75) is 13.8 Å². The quantitative estimate of drug-likeness (QED) is 0.205. The monoisotopic (exact) mass is 480 g/mol. The van der Waals surface area contributed by atoms with Gasteiger partial charge in [-0.05, 0) is 118 Å². The highest BCUT2D eigenvalue weighted by molar-refractivity contribution is 6.40. The second kappa shape index (κ2) is 7.00. The summed E-state index contributed by atoms with van der Waals surface area (Å²) >= 11 is 0. The molecule has 0 heterocycles. The summed E-state index contributed by atoms with van der Waals surface area (Å²) in [6.07, 6.45) is 0. The van der Waals surface area contributed by atoms with Crippen LogP contribution in [0.3, 0.4) is 0 Å². The molecule has 0 bridgehead atoms. The maximum Gasteiger partial charge on any atom is -0.00198 e. The molecule has 0 saturated carbocycles. The average Bonchev–Trinajstić information content (AvgIpc) is 3.48. The van der Waals surface area contributed by atoms with Gasteiger partial charge in [0.2, 0.25) is 0 Å². The van der Waals surface area contributed by atoms with Crippen LogP contribution in [0.4, 0.5) is 0 Å². The molecule has 9 aromatic carbocycles. The summed E-state index contributed by atoms with van der Waals surface area (Å²) in [5.74, 6) is 0. The van der Waals surface area contributed by atoms with Crippen LogP contribution < -0.4 is 0 Å². The van der Waals surface area contributed by atoms with Gasteiger partial charge in [-0.2, -0.15) is 0 Å². The van der Waals surface area contributed by atoms with Gasteiger partial charge in [0, 0.05) is 0 Å². The normalized spacial score (nSPS) is 12.5. The lowest BCUT2D eigenvalue weighted by Crippen LogP contribution is -1.88. The fourth-order valence-corrected chi connectivity index (χ4v) is 7.57. The van der Waals surface area contributed by atoms with Crippen molar-refractivity contribution < 1.29 is 0 Å². The highest BCUT2D eigenvalue weighted by Gasteiger charge is 2.22. The van der Waals surface area contributed by atoms with E-state index in [9.17, 15) is 0 Å². The molecule has 0 N–H and O–H groups in total. The first-order valence-corrected chi connectivity index (χ1v) is 13.5. The van der Waals surface area contributed by atoms with Crippen LogP contribution in [-0.4, -0.2) is 0 Å². The molecule has 0 aliphatic heterocycles. The fourth-order valence-electron chi connectivity index (χ4n) is 7.57. The Hall–Kier alpha value is -4.68. The minimum Gasteiger partial charge on any atom is -0.0622 e. The van der Waals surface area contributed by atoms with Gasteiger partial charge >= 0.3 is 0 Å². The van der Waals surface area contributed by atoms with Crippen molar-refractivity contribution in [2.75, 3.05) is 0 Å². The molecule has 0 aliphatic rings. The van der Waals surface area contributed by atoms with Crippen LogP contribution in [0.2, 0.25) is 0 Å². The molecule has 0 unspecified atom stereocenters. The smallest absolute Gasteiger partial charge is 0.00198 e. The van der Waals surface area contributed by atoms with Gasteiger partial charge in [0.25, 0.3) is 0 Å². The lowest BCUT2D eigenvalue weighted by atomic mass is 9.89. The number of aryl methyl sites for hydroxylation is 2. The molecule has 9 aromatic rings. The molecule has 0 nitrogen and oxygen atoms in total. The Labute approximate surface area is 220 Å². The fraction of sp³-hybridized carbons (Fsp3) is 0.0526. The van der Waals surface area contributed by atoms with Gasteiger partial charge in [0.05, 0.1) is 0 Å². The molecule has 0 aromatic heterocycles. The molecule has 0 heteroatoms. The summed E-state index contributed by atoms with van der Waals surface area (Å²) in [6, 6.07) is 40.6. The summed E-state index contributed by atoms with van der Waals surface area (Å²) in [4.78, 5) is 0. The van der Waals surface area contributed by atoms with E-state index in [1.165, 1.54) is 97.7 Å². The molecule has 0 radical (unpaired) electrons. The minimum absolute atomic E-state index is 1.27. The van der Waals surface area contributed by atoms with Gasteiger partial charge in [-0.3, -0.25) is 0 Å². The number of hydrogen-bond donors (Lipinski definition) is 0. The highest BCUT2D eigenvalue weighted by Crippen LogP contribution is 2.49. The van der Waals surface area contributed by atoms with Crippen molar-refractivity contribution in [2.24, 2.45) is 0 Å². The van der Waals surface area contributed by atoms with Crippen molar-refractivity contribution in [1.29, 1.82) is 0 Å². The third-order valence-corrected chi connectivity index (χ3v) is 9.11. The van der Waals surface area contributed by atoms with Crippen molar-refractivity contribution >= 4 is 75.4 Å². The average molecular weight is 481 g/mol. The molecule has 38 heavy (non-hydrogen) atoms. The van der Waals surface area contributed by atoms with Gasteiger partial charge in [0.15, 0.2) is 0 Å². The van der Waals surface area contributed by atoms with E-state index < -0.39 is 0 Å². The summed E-state index contributed by atoms with van der Waals surface area (Å²) in [7, 11) is 0. The van der Waals surface area contributed by atoms with Gasteiger partial charge in [-0.1, -0.05) is 103 Å². The van der Waals surface area contributed by atoms with Crippen molar-refractivity contribution in [3.8, 4) is 11.1 Å². The van der Waals surface area contributed by atoms with E-state index in [0.29, 0.717) is 0 Å². The van der Waals surface area contributed by atoms with Crippen LogP contribution in [0.1, 0.15) is 11.1 Å². The van der Waals surface area contributed by atoms with E-state index in [0.717, 1.165) is 0 Å². The van der Waals surface area contributed by atoms with Crippen molar-refractivity contribution in [3.63, 3.8) is 0 Å². The van der Waals surface area contributed by atoms with E-state index in [1.807, 2.05) is 0 Å². The molecule has 0 amide bonds. The summed E-state index contributed by atoms with van der Waals surface area (Å²) < 4.78 is 0. The van der Waals surface area contributed by atoms with Gasteiger partial charge in [-0.15, -0.1) is 0 Å². The summed E-state index contributed by atoms with van der Waals surface area (Å²) in [5.41, 5.74) is 5.36. The largest absolute Gasteiger partial charge is 0.0622 e. The van der Waals surface area contributed by atoms with Crippen LogP contribution in [0.25, 0.3) is 86.5 Å². The van der Waals surface area contributed by atoms with E-state index in [1.54, 1.807) is 0 Å². The zero-order valence-corrected chi connectivity index (χ0v) is 21.4. The SMILES string of the molecule is Cc1c2cc3c4ccccc4c4cccc(c2c(C)c2c5ccc(-c6ccccc6)c6cccc(c12)c65)c43. The molecular weight excluding hydrogens is 456 g/mol. The van der Waals surface area contributed by atoms with E-state index in [-0.39, 0.29) is 0 Å². The number of hydrogen-bond acceptors (Lipinski definition) is 0. The Morgan fingerprint density at radius 2 is 0.868 bits per heavy atom. The Balaban J connectivity index is 1.54. The Morgan fingerprint density at radius 3 is 1.66 bits per heavy atom. The summed E-state index contributed by atoms with van der Waals surface area (Å²) in [6.45, 7) is 4.69. The molecule has 0 spiro atoms. The zero-order chi connectivity index (χ0) is 25.1. The second-order valence-corrected chi connectivity index (χ2v) is 10.9. The molecule has 176 valence electrons. The van der Waals surface area contributed by atoms with E-state index >= 15 is 0 Å². The topological polar surface area (TPSA) is 0 Å². The maximum atomic E-state index is 2.48. The zero-order valence-electron chi connectivity index (χ0n) is 21.4. The third-order valence-electron chi connectivity index (χ3n) is 9.11. The predicted octanol–water partition coefficient (Wildman–Crippen LogP) is 10.9. The van der Waals surface area contributed by atoms with Crippen LogP contribution in [-0.2, 0) is 0 Å². The van der Waals surface area contributed by atoms with E-state index in [4.69, 9.17) is 0 Å². The number of benzene rings is 7. The van der Waals surface area contributed by atoms with Crippen LogP contribution in [0.5, 0.6) is 0 Å². The molecule has 0 atom stereocenters. The van der Waals surface area contributed by atoms with Crippen LogP contribution in [0, 0.1) is 13.8 Å². The molecule has 0 fully saturated rings. The Morgan fingerprint density at radius 1 is 0.316 bits per heavy atom. The highest BCUT2D eigenvalue weighted by atomic mass is 14.3. The molecule has 0 saturated heterocycles. The lowest BCUT2D eigenvalue weighted by Gasteiger charge is -2.14. The van der Waals surface area contributed by atoms with Crippen LogP contribution in [0.15, 0.2) is 109 Å². The lowest BCUT2D eigenvalue weighted by molar-refractivity contribution is 1.57. The molecule has 0 aliphatic carbocycles. The van der Waals surface area contributed by atoms with E-state index in [2.05, 4.69) is 123 Å². The molecular formula is C38H24. The first kappa shape index (κ1) is 20.4. The standard InChI is InChI=1S/C38H24/c1-21-32-20-33-26-13-7-6-12-25(26)28-15-9-16-29(38(28)33)34(32)22(2)36-31-19-18-24(23-10-4-3-5-11-23)27-14-8-17-30(35(21)36)37(27)31/h3-20H,1-2H3. The Kier molecular flexibility index (Phi) is 3.75. The number of rotatable bonds is 1. The van der Waals surface area contributed by atoms with Crippen molar-refractivity contribution in [1.82, 2.24) is 0 Å². The van der Waals surface area contributed by atoms with Gasteiger partial charge in [-0.25, -0.2) is 0 Å². The Bertz CT molecular complexity index is 2390. The number of fused-ring (bicyclic) bond motifs is 8. The van der Waals surface area contributed by atoms with Gasteiger partial charge in [0.1, 0.15) is 0 Å². The van der Waals surface area contributed by atoms with Gasteiger partial charge < -0.3 is 0 Å². The third kappa shape index (κ3) is 2.32. The first-order chi connectivity index (χ1) is 18.7. The maximum absolute atomic E-state index is 2.48. The van der Waals surface area contributed by atoms with Crippen LogP contribution >= 0.6 is 0 Å². The first-order valence-electron chi connectivity index (χ1n) is 13.5. The molecule has 9 rings (SSSR count).